The van der Waals surface area contributed by atoms with Gasteiger partial charge in [-0.1, -0.05) is 6.07 Å². The summed E-state index contributed by atoms with van der Waals surface area (Å²) in [6, 6.07) is 6.74. The van der Waals surface area contributed by atoms with Crippen molar-refractivity contribution in [2.24, 2.45) is 5.10 Å². The largest absolute Gasteiger partial charge is 0.380 e. The molecule has 1 saturated heterocycles. The molecule has 0 spiro atoms. The number of benzene rings is 1. The average molecular weight is 285 g/mol. The van der Waals surface area contributed by atoms with Crippen LogP contribution in [0.3, 0.4) is 0 Å². The van der Waals surface area contributed by atoms with E-state index >= 15 is 0 Å². The van der Waals surface area contributed by atoms with Crippen LogP contribution in [-0.2, 0) is 11.2 Å². The van der Waals surface area contributed by atoms with E-state index in [-0.39, 0.29) is 11.9 Å². The highest BCUT2D eigenvalue weighted by Crippen LogP contribution is 2.33. The molecule has 3 aliphatic heterocycles. The van der Waals surface area contributed by atoms with Gasteiger partial charge in [-0.3, -0.25) is 4.79 Å². The molecule has 0 aliphatic carbocycles. The van der Waals surface area contributed by atoms with E-state index in [0.29, 0.717) is 6.04 Å². The molecule has 1 aromatic carbocycles. The number of hydrazone groups is 1. The van der Waals surface area contributed by atoms with Gasteiger partial charge in [-0.15, -0.1) is 0 Å². The highest BCUT2D eigenvalue weighted by atomic mass is 16.2. The molecule has 21 heavy (non-hydrogen) atoms. The summed E-state index contributed by atoms with van der Waals surface area (Å²) in [6.45, 7) is 3.94. The average Bonchev–Trinajstić information content (AvgIpc) is 2.46. The lowest BCUT2D eigenvalue weighted by molar-refractivity contribution is -0.122. The number of amidine groups is 1. The van der Waals surface area contributed by atoms with Crippen LogP contribution in [0.5, 0.6) is 0 Å². The summed E-state index contributed by atoms with van der Waals surface area (Å²) in [5.41, 5.74) is 6.12. The quantitative estimate of drug-likeness (QED) is 0.746. The van der Waals surface area contributed by atoms with Gasteiger partial charge in [0.15, 0.2) is 0 Å². The van der Waals surface area contributed by atoms with E-state index < -0.39 is 0 Å². The summed E-state index contributed by atoms with van der Waals surface area (Å²) < 4.78 is 0. The lowest BCUT2D eigenvalue weighted by atomic mass is 9.97. The lowest BCUT2D eigenvalue weighted by Crippen LogP contribution is -2.54. The first-order chi connectivity index (χ1) is 10.2. The van der Waals surface area contributed by atoms with Crippen LogP contribution in [-0.4, -0.2) is 36.9 Å². The number of anilines is 2. The maximum Gasteiger partial charge on any atom is 0.262 e. The van der Waals surface area contributed by atoms with E-state index in [9.17, 15) is 4.79 Å². The predicted octanol–water partition coefficient (Wildman–Crippen LogP) is 0.655. The Morgan fingerprint density at radius 1 is 1.33 bits per heavy atom. The van der Waals surface area contributed by atoms with Crippen LogP contribution >= 0.6 is 0 Å². The Bertz CT molecular complexity index is 622. The van der Waals surface area contributed by atoms with E-state index in [1.54, 1.807) is 0 Å². The second kappa shape index (κ2) is 4.73. The minimum absolute atomic E-state index is 0.0480. The number of hydrogen-bond acceptors (Lipinski definition) is 5. The Morgan fingerprint density at radius 3 is 2.95 bits per heavy atom. The van der Waals surface area contributed by atoms with Crippen LogP contribution < -0.4 is 21.0 Å². The lowest BCUT2D eigenvalue weighted by Gasteiger charge is -2.39. The van der Waals surface area contributed by atoms with Crippen molar-refractivity contribution in [3.8, 4) is 0 Å². The molecular weight excluding hydrogens is 266 g/mol. The summed E-state index contributed by atoms with van der Waals surface area (Å²) in [7, 11) is 0. The van der Waals surface area contributed by atoms with Crippen molar-refractivity contribution in [2.45, 2.75) is 31.8 Å². The highest BCUT2D eigenvalue weighted by Gasteiger charge is 2.34. The number of carbonyl (C=O) groups excluding carboxylic acids is 1. The molecule has 1 fully saturated rings. The van der Waals surface area contributed by atoms with Crippen LogP contribution in [0.2, 0.25) is 0 Å². The van der Waals surface area contributed by atoms with Gasteiger partial charge in [-0.05, 0) is 31.0 Å². The van der Waals surface area contributed by atoms with E-state index in [1.165, 1.54) is 5.56 Å². The number of carbonyl (C=O) groups is 1. The Hall–Kier alpha value is -2.08. The number of rotatable bonds is 2. The predicted molar refractivity (Wildman–Crippen MR) is 82.6 cm³/mol. The van der Waals surface area contributed by atoms with Crippen molar-refractivity contribution in [1.29, 1.82) is 0 Å². The molecule has 1 unspecified atom stereocenters. The SMILES string of the molecule is CC1C(=O)NN=C2CCc3ccc(NC4CNC4)cc3N21. The summed E-state index contributed by atoms with van der Waals surface area (Å²) in [5.74, 6) is 0.908. The Morgan fingerprint density at radius 2 is 2.19 bits per heavy atom. The zero-order valence-electron chi connectivity index (χ0n) is 12.0. The van der Waals surface area contributed by atoms with Crippen LogP contribution in [0.4, 0.5) is 11.4 Å². The third-order valence-corrected chi connectivity index (χ3v) is 4.46. The Labute approximate surface area is 123 Å². The molecule has 3 aliphatic rings. The fourth-order valence-electron chi connectivity index (χ4n) is 3.09. The standard InChI is InChI=1S/C15H19N5O/c1-9-15(21)19-18-14-5-3-10-2-4-11(6-13(10)20(9)14)17-12-7-16-8-12/h2,4,6,9,12,16-17H,3,5,7-8H2,1H3,(H,19,21). The van der Waals surface area contributed by atoms with Crippen molar-refractivity contribution in [3.63, 3.8) is 0 Å². The number of nitrogens with one attached hydrogen (secondary N) is 3. The second-order valence-corrected chi connectivity index (χ2v) is 5.89. The first kappa shape index (κ1) is 12.6. The number of hydrogen-bond donors (Lipinski definition) is 3. The molecule has 1 amide bonds. The number of amides is 1. The molecule has 0 radical (unpaired) electrons. The minimum Gasteiger partial charge on any atom is -0.380 e. The maximum atomic E-state index is 11.9. The zero-order chi connectivity index (χ0) is 14.4. The summed E-state index contributed by atoms with van der Waals surface area (Å²) >= 11 is 0. The number of nitrogens with zero attached hydrogens (tertiary/aromatic N) is 2. The van der Waals surface area contributed by atoms with Gasteiger partial charge in [-0.2, -0.15) is 5.10 Å². The van der Waals surface area contributed by atoms with E-state index in [2.05, 4.69) is 44.3 Å². The second-order valence-electron chi connectivity index (χ2n) is 5.89. The van der Waals surface area contributed by atoms with Gasteiger partial charge in [0.1, 0.15) is 11.9 Å². The molecular formula is C15H19N5O. The normalized spacial score (nSPS) is 24.4. The van der Waals surface area contributed by atoms with Crippen LogP contribution in [0.15, 0.2) is 23.3 Å². The monoisotopic (exact) mass is 285 g/mol. The van der Waals surface area contributed by atoms with Gasteiger partial charge in [0, 0.05) is 30.9 Å². The van der Waals surface area contributed by atoms with Gasteiger partial charge in [0.25, 0.3) is 5.91 Å². The molecule has 6 heteroatoms. The molecule has 0 aromatic heterocycles. The van der Waals surface area contributed by atoms with Gasteiger partial charge in [-0.25, -0.2) is 5.43 Å². The van der Waals surface area contributed by atoms with Crippen molar-refractivity contribution < 1.29 is 4.79 Å². The van der Waals surface area contributed by atoms with Gasteiger partial charge in [0.05, 0.1) is 6.04 Å². The van der Waals surface area contributed by atoms with Crippen LogP contribution in [0, 0.1) is 0 Å². The number of aryl methyl sites for hydroxylation is 1. The maximum absolute atomic E-state index is 11.9. The van der Waals surface area contributed by atoms with E-state index in [1.807, 2.05) is 6.92 Å². The first-order valence-corrected chi connectivity index (χ1v) is 7.48. The van der Waals surface area contributed by atoms with Crippen molar-refractivity contribution in [1.82, 2.24) is 10.7 Å². The van der Waals surface area contributed by atoms with Crippen molar-refractivity contribution in [3.05, 3.63) is 23.8 Å². The van der Waals surface area contributed by atoms with Crippen LogP contribution in [0.1, 0.15) is 18.9 Å². The molecule has 6 nitrogen and oxygen atoms in total. The van der Waals surface area contributed by atoms with E-state index in [4.69, 9.17) is 0 Å². The fraction of sp³-hybridized carbons (Fsp3) is 0.467. The third-order valence-electron chi connectivity index (χ3n) is 4.46. The molecule has 1 atom stereocenters. The van der Waals surface area contributed by atoms with Gasteiger partial charge < -0.3 is 15.5 Å². The smallest absolute Gasteiger partial charge is 0.262 e. The molecule has 0 saturated carbocycles. The Kier molecular flexibility index (Phi) is 2.85. The molecule has 110 valence electrons. The molecule has 0 bridgehead atoms. The zero-order valence-corrected chi connectivity index (χ0v) is 12.0. The fourth-order valence-corrected chi connectivity index (χ4v) is 3.09. The highest BCUT2D eigenvalue weighted by molar-refractivity contribution is 6.08. The van der Waals surface area contributed by atoms with Crippen LogP contribution in [0.25, 0.3) is 0 Å². The summed E-state index contributed by atoms with van der Waals surface area (Å²) in [4.78, 5) is 14.0. The molecule has 3 N–H and O–H groups in total. The first-order valence-electron chi connectivity index (χ1n) is 7.48. The third kappa shape index (κ3) is 2.06. The minimum atomic E-state index is -0.211. The summed E-state index contributed by atoms with van der Waals surface area (Å²) in [6.07, 6.45) is 1.84. The molecule has 4 rings (SSSR count). The van der Waals surface area contributed by atoms with Gasteiger partial charge in [0.2, 0.25) is 0 Å². The molecule has 3 heterocycles. The molecule has 1 aromatic rings. The Balaban J connectivity index is 1.69. The summed E-state index contributed by atoms with van der Waals surface area (Å²) in [5, 5.41) is 11.0. The van der Waals surface area contributed by atoms with E-state index in [0.717, 1.165) is 43.1 Å². The van der Waals surface area contributed by atoms with Gasteiger partial charge >= 0.3 is 0 Å². The number of fused-ring (bicyclic) bond motifs is 3. The van der Waals surface area contributed by atoms with Crippen molar-refractivity contribution in [2.75, 3.05) is 23.3 Å². The van der Waals surface area contributed by atoms with Crippen molar-refractivity contribution >= 4 is 23.1 Å². The topological polar surface area (TPSA) is 68.8 Å².